The molecule has 198 valence electrons. The van der Waals surface area contributed by atoms with Crippen molar-refractivity contribution in [2.75, 3.05) is 31.1 Å². The summed E-state index contributed by atoms with van der Waals surface area (Å²) in [5, 5.41) is 2.92. The lowest BCUT2D eigenvalue weighted by Crippen LogP contribution is -2.47. The zero-order chi connectivity index (χ0) is 26.8. The standard InChI is InChI=1S/C27H30F3N3O4/c1-3-37-23(34)18(2)16-26(21-7-5-4-6-8-21)17-31-25(36)33(26)22-10-9-19-11-13-32(14-12-20(19)15-22)24(35)27(28,29)30/h4-10,15,18H,3,11-14,16-17H2,1-2H3,(H,31,36). The molecule has 4 rings (SSSR count). The first kappa shape index (κ1) is 26.5. The van der Waals surface area contributed by atoms with E-state index in [-0.39, 0.29) is 51.1 Å². The molecule has 2 unspecified atom stereocenters. The fourth-order valence-corrected chi connectivity index (χ4v) is 5.31. The summed E-state index contributed by atoms with van der Waals surface area (Å²) in [6.45, 7) is 3.94. The van der Waals surface area contributed by atoms with E-state index < -0.39 is 23.5 Å². The van der Waals surface area contributed by atoms with E-state index in [2.05, 4.69) is 5.32 Å². The van der Waals surface area contributed by atoms with Gasteiger partial charge in [0, 0.05) is 25.3 Å². The summed E-state index contributed by atoms with van der Waals surface area (Å²) >= 11 is 0. The Morgan fingerprint density at radius 2 is 1.76 bits per heavy atom. The minimum absolute atomic E-state index is 0.0279. The van der Waals surface area contributed by atoms with Crippen LogP contribution in [-0.2, 0) is 32.7 Å². The van der Waals surface area contributed by atoms with Gasteiger partial charge in [-0.05, 0) is 55.0 Å². The molecule has 0 spiro atoms. The van der Waals surface area contributed by atoms with E-state index in [4.69, 9.17) is 4.74 Å². The first-order chi connectivity index (χ1) is 17.6. The van der Waals surface area contributed by atoms with Gasteiger partial charge in [-0.25, -0.2) is 4.79 Å². The van der Waals surface area contributed by atoms with Gasteiger partial charge in [-0.2, -0.15) is 13.2 Å². The zero-order valence-electron chi connectivity index (χ0n) is 20.8. The van der Waals surface area contributed by atoms with Crippen LogP contribution >= 0.6 is 0 Å². The Hall–Kier alpha value is -3.56. The quantitative estimate of drug-likeness (QED) is 0.583. The van der Waals surface area contributed by atoms with Crippen molar-refractivity contribution in [2.24, 2.45) is 5.92 Å². The highest BCUT2D eigenvalue weighted by molar-refractivity contribution is 5.97. The number of nitrogens with one attached hydrogen (secondary N) is 1. The number of hydrogen-bond acceptors (Lipinski definition) is 4. The lowest BCUT2D eigenvalue weighted by molar-refractivity contribution is -0.185. The number of amides is 3. The molecule has 0 radical (unpaired) electrons. The van der Waals surface area contributed by atoms with Gasteiger partial charge in [0.15, 0.2) is 0 Å². The fourth-order valence-electron chi connectivity index (χ4n) is 5.31. The van der Waals surface area contributed by atoms with E-state index in [1.54, 1.807) is 24.8 Å². The second kappa shape index (κ2) is 10.4. The number of ether oxygens (including phenoxy) is 1. The lowest BCUT2D eigenvalue weighted by Gasteiger charge is -2.39. The molecule has 1 N–H and O–H groups in total. The van der Waals surface area contributed by atoms with Gasteiger partial charge in [0.25, 0.3) is 0 Å². The SMILES string of the molecule is CCOC(=O)C(C)CC1(c2ccccc2)CNC(=O)N1c1ccc2c(c1)CCN(C(=O)C(F)(F)F)CC2. The number of halogens is 3. The lowest BCUT2D eigenvalue weighted by atomic mass is 9.80. The summed E-state index contributed by atoms with van der Waals surface area (Å²) in [6.07, 6.45) is -4.09. The van der Waals surface area contributed by atoms with Crippen LogP contribution < -0.4 is 10.2 Å². The number of benzene rings is 2. The van der Waals surface area contributed by atoms with Gasteiger partial charge in [0.1, 0.15) is 0 Å². The van der Waals surface area contributed by atoms with Crippen molar-refractivity contribution >= 4 is 23.6 Å². The maximum atomic E-state index is 13.2. The largest absolute Gasteiger partial charge is 0.471 e. The molecule has 2 aliphatic rings. The van der Waals surface area contributed by atoms with E-state index in [9.17, 15) is 27.6 Å². The molecule has 0 bridgehead atoms. The first-order valence-corrected chi connectivity index (χ1v) is 12.3. The summed E-state index contributed by atoms with van der Waals surface area (Å²) in [7, 11) is 0. The van der Waals surface area contributed by atoms with Gasteiger partial charge in [-0.3, -0.25) is 14.5 Å². The van der Waals surface area contributed by atoms with E-state index in [0.717, 1.165) is 21.6 Å². The molecular weight excluding hydrogens is 487 g/mol. The number of anilines is 1. The Bertz CT molecular complexity index is 1170. The van der Waals surface area contributed by atoms with Crippen LogP contribution in [-0.4, -0.2) is 55.2 Å². The van der Waals surface area contributed by atoms with E-state index in [1.165, 1.54) is 0 Å². The summed E-state index contributed by atoms with van der Waals surface area (Å²) in [6, 6.07) is 14.5. The van der Waals surface area contributed by atoms with E-state index in [0.29, 0.717) is 12.1 Å². The monoisotopic (exact) mass is 517 g/mol. The summed E-state index contributed by atoms with van der Waals surface area (Å²) in [5.41, 5.74) is 2.16. The van der Waals surface area contributed by atoms with Crippen molar-refractivity contribution in [3.8, 4) is 0 Å². The average molecular weight is 518 g/mol. The number of rotatable bonds is 6. The van der Waals surface area contributed by atoms with E-state index in [1.807, 2.05) is 42.5 Å². The Kier molecular flexibility index (Phi) is 7.47. The molecule has 0 aromatic heterocycles. The number of esters is 1. The molecule has 3 amide bonds. The normalized spacial score (nSPS) is 20.6. The Morgan fingerprint density at radius 1 is 1.08 bits per heavy atom. The molecule has 2 atom stereocenters. The first-order valence-electron chi connectivity index (χ1n) is 12.3. The summed E-state index contributed by atoms with van der Waals surface area (Å²) in [5.74, 6) is -2.69. The molecule has 7 nitrogen and oxygen atoms in total. The second-order valence-corrected chi connectivity index (χ2v) is 9.49. The third-order valence-corrected chi connectivity index (χ3v) is 7.09. The number of carbonyl (C=O) groups is 3. The summed E-state index contributed by atoms with van der Waals surface area (Å²) < 4.78 is 44.2. The highest BCUT2D eigenvalue weighted by Crippen LogP contribution is 2.42. The van der Waals surface area contributed by atoms with Crippen molar-refractivity contribution in [2.45, 2.75) is 44.8 Å². The second-order valence-electron chi connectivity index (χ2n) is 9.49. The Labute approximate surface area is 213 Å². The predicted octanol–water partition coefficient (Wildman–Crippen LogP) is 4.19. The molecule has 1 fully saturated rings. The molecule has 2 aromatic carbocycles. The van der Waals surface area contributed by atoms with Crippen molar-refractivity contribution in [3.05, 3.63) is 65.2 Å². The van der Waals surface area contributed by atoms with Gasteiger partial charge < -0.3 is 15.0 Å². The number of alkyl halides is 3. The summed E-state index contributed by atoms with van der Waals surface area (Å²) in [4.78, 5) is 40.1. The molecule has 37 heavy (non-hydrogen) atoms. The smallest absolute Gasteiger partial charge is 0.466 e. The highest BCUT2D eigenvalue weighted by Gasteiger charge is 2.49. The van der Waals surface area contributed by atoms with Crippen LogP contribution in [0.3, 0.4) is 0 Å². The van der Waals surface area contributed by atoms with Crippen LogP contribution in [0.25, 0.3) is 0 Å². The van der Waals surface area contributed by atoms with E-state index >= 15 is 0 Å². The average Bonchev–Trinajstić information content (AvgIpc) is 3.06. The maximum absolute atomic E-state index is 13.2. The number of hydrogen-bond donors (Lipinski definition) is 1. The molecule has 2 aliphatic heterocycles. The Morgan fingerprint density at radius 3 is 2.41 bits per heavy atom. The van der Waals surface area contributed by atoms with Crippen molar-refractivity contribution < 1.29 is 32.3 Å². The van der Waals surface area contributed by atoms with Gasteiger partial charge >= 0.3 is 24.1 Å². The number of urea groups is 1. The van der Waals surface area contributed by atoms with Gasteiger partial charge in [0.05, 0.1) is 18.1 Å². The van der Waals surface area contributed by atoms with Crippen LogP contribution in [0.1, 0.15) is 37.0 Å². The van der Waals surface area contributed by atoms with Crippen molar-refractivity contribution in [1.29, 1.82) is 0 Å². The zero-order valence-corrected chi connectivity index (χ0v) is 20.8. The topological polar surface area (TPSA) is 79.0 Å². The fraction of sp³-hybridized carbons (Fsp3) is 0.444. The predicted molar refractivity (Wildman–Crippen MR) is 131 cm³/mol. The number of fused-ring (bicyclic) bond motifs is 1. The van der Waals surface area contributed by atoms with Gasteiger partial charge in [-0.1, -0.05) is 43.3 Å². The molecule has 0 saturated carbocycles. The molecular formula is C27H30F3N3O4. The molecule has 1 saturated heterocycles. The third kappa shape index (κ3) is 5.28. The van der Waals surface area contributed by atoms with Crippen LogP contribution in [0.4, 0.5) is 23.7 Å². The Balaban J connectivity index is 1.70. The van der Waals surface area contributed by atoms with Crippen LogP contribution in [0.15, 0.2) is 48.5 Å². The minimum atomic E-state index is -4.92. The number of nitrogens with zero attached hydrogens (tertiary/aromatic N) is 2. The van der Waals surface area contributed by atoms with Crippen molar-refractivity contribution in [1.82, 2.24) is 10.2 Å². The molecule has 2 aromatic rings. The molecule has 10 heteroatoms. The third-order valence-electron chi connectivity index (χ3n) is 7.09. The molecule has 2 heterocycles. The molecule has 0 aliphatic carbocycles. The highest BCUT2D eigenvalue weighted by atomic mass is 19.4. The van der Waals surface area contributed by atoms with Crippen LogP contribution in [0.5, 0.6) is 0 Å². The van der Waals surface area contributed by atoms with Crippen LogP contribution in [0.2, 0.25) is 0 Å². The minimum Gasteiger partial charge on any atom is -0.466 e. The maximum Gasteiger partial charge on any atom is 0.471 e. The van der Waals surface area contributed by atoms with Crippen molar-refractivity contribution in [3.63, 3.8) is 0 Å². The number of carbonyl (C=O) groups excluding carboxylic acids is 3. The van der Waals surface area contributed by atoms with Crippen LogP contribution in [0, 0.1) is 5.92 Å². The van der Waals surface area contributed by atoms with Gasteiger partial charge in [0.2, 0.25) is 0 Å². The van der Waals surface area contributed by atoms with Gasteiger partial charge in [-0.15, -0.1) is 0 Å².